The van der Waals surface area contributed by atoms with Gasteiger partial charge in [-0.15, -0.1) is 0 Å². The van der Waals surface area contributed by atoms with E-state index in [4.69, 9.17) is 0 Å². The van der Waals surface area contributed by atoms with Crippen LogP contribution in [0, 0.1) is 6.92 Å². The third-order valence-electron chi connectivity index (χ3n) is 2.28. The Morgan fingerprint density at radius 3 is 2.24 bits per heavy atom. The van der Waals surface area contributed by atoms with E-state index in [0.29, 0.717) is 5.56 Å². The van der Waals surface area contributed by atoms with Gasteiger partial charge in [-0.25, -0.2) is 0 Å². The summed E-state index contributed by atoms with van der Waals surface area (Å²) in [6, 6.07) is 2.28. The molecule has 4 nitrogen and oxygen atoms in total. The SMILES string of the molecule is Cc1cc(C(F)(F)F)c2[nH]c(=O)c(=O)[nH]c2c1. The Labute approximate surface area is 92.1 Å². The highest BCUT2D eigenvalue weighted by molar-refractivity contribution is 5.79. The van der Waals surface area contributed by atoms with Gasteiger partial charge in [-0.3, -0.25) is 9.59 Å². The van der Waals surface area contributed by atoms with Crippen LogP contribution >= 0.6 is 0 Å². The smallest absolute Gasteiger partial charge is 0.316 e. The highest BCUT2D eigenvalue weighted by Gasteiger charge is 2.33. The number of alkyl halides is 3. The summed E-state index contributed by atoms with van der Waals surface area (Å²) in [7, 11) is 0. The molecule has 7 heteroatoms. The van der Waals surface area contributed by atoms with Crippen LogP contribution in [-0.4, -0.2) is 9.97 Å². The number of aromatic nitrogens is 2. The molecule has 90 valence electrons. The molecule has 0 saturated heterocycles. The number of aryl methyl sites for hydroxylation is 1. The van der Waals surface area contributed by atoms with Gasteiger partial charge in [-0.2, -0.15) is 13.2 Å². The second-order valence-corrected chi connectivity index (χ2v) is 3.64. The summed E-state index contributed by atoms with van der Waals surface area (Å²) in [5.41, 5.74) is -3.16. The number of rotatable bonds is 0. The molecule has 0 aliphatic carbocycles. The van der Waals surface area contributed by atoms with Gasteiger partial charge in [0, 0.05) is 0 Å². The average Bonchev–Trinajstić information content (AvgIpc) is 2.18. The molecule has 1 aromatic heterocycles. The predicted molar refractivity (Wildman–Crippen MR) is 54.9 cm³/mol. The van der Waals surface area contributed by atoms with Crippen LogP contribution in [0.15, 0.2) is 21.7 Å². The van der Waals surface area contributed by atoms with E-state index < -0.39 is 28.4 Å². The van der Waals surface area contributed by atoms with E-state index >= 15 is 0 Å². The maximum absolute atomic E-state index is 12.7. The Balaban J connectivity index is 2.98. The lowest BCUT2D eigenvalue weighted by atomic mass is 10.1. The van der Waals surface area contributed by atoms with E-state index in [-0.39, 0.29) is 5.52 Å². The number of benzene rings is 1. The van der Waals surface area contributed by atoms with Crippen LogP contribution in [-0.2, 0) is 6.18 Å². The van der Waals surface area contributed by atoms with Crippen LogP contribution in [0.1, 0.15) is 11.1 Å². The molecule has 1 heterocycles. The zero-order valence-electron chi connectivity index (χ0n) is 8.61. The highest BCUT2D eigenvalue weighted by Crippen LogP contribution is 2.33. The topological polar surface area (TPSA) is 65.7 Å². The second-order valence-electron chi connectivity index (χ2n) is 3.64. The van der Waals surface area contributed by atoms with E-state index in [9.17, 15) is 22.8 Å². The first-order valence-corrected chi connectivity index (χ1v) is 4.63. The van der Waals surface area contributed by atoms with Crippen LogP contribution < -0.4 is 11.1 Å². The summed E-state index contributed by atoms with van der Waals surface area (Å²) in [5.74, 6) is 0. The number of halogens is 3. The summed E-state index contributed by atoms with van der Waals surface area (Å²) in [6.45, 7) is 1.47. The molecule has 2 aromatic rings. The first-order valence-electron chi connectivity index (χ1n) is 4.63. The Hall–Kier alpha value is -2.05. The highest BCUT2D eigenvalue weighted by atomic mass is 19.4. The van der Waals surface area contributed by atoms with Crippen LogP contribution in [0.2, 0.25) is 0 Å². The molecule has 0 unspecified atom stereocenters. The van der Waals surface area contributed by atoms with Gasteiger partial charge in [-0.1, -0.05) is 0 Å². The molecule has 0 saturated carbocycles. The number of hydrogen-bond acceptors (Lipinski definition) is 2. The lowest BCUT2D eigenvalue weighted by molar-refractivity contribution is -0.136. The Morgan fingerprint density at radius 2 is 1.65 bits per heavy atom. The Bertz CT molecular complexity index is 697. The fourth-order valence-corrected chi connectivity index (χ4v) is 1.59. The van der Waals surface area contributed by atoms with Crippen LogP contribution in [0.4, 0.5) is 13.2 Å². The molecule has 0 radical (unpaired) electrons. The fourth-order valence-electron chi connectivity index (χ4n) is 1.59. The van der Waals surface area contributed by atoms with Crippen molar-refractivity contribution in [2.45, 2.75) is 13.1 Å². The number of aromatic amines is 2. The summed E-state index contributed by atoms with van der Waals surface area (Å²) in [6.07, 6.45) is -4.59. The lowest BCUT2D eigenvalue weighted by Gasteiger charge is -2.10. The molecule has 0 amide bonds. The lowest BCUT2D eigenvalue weighted by Crippen LogP contribution is -2.29. The molecule has 2 rings (SSSR count). The summed E-state index contributed by atoms with van der Waals surface area (Å²) < 4.78 is 38.1. The predicted octanol–water partition coefficient (Wildman–Crippen LogP) is 1.54. The van der Waals surface area contributed by atoms with Crippen molar-refractivity contribution in [3.8, 4) is 0 Å². The maximum Gasteiger partial charge on any atom is 0.418 e. The van der Waals surface area contributed by atoms with Crippen molar-refractivity contribution in [1.29, 1.82) is 0 Å². The van der Waals surface area contributed by atoms with Crippen molar-refractivity contribution in [3.05, 3.63) is 44.0 Å². The summed E-state index contributed by atoms with van der Waals surface area (Å²) in [5, 5.41) is 0. The fraction of sp³-hybridized carbons (Fsp3) is 0.200. The number of hydrogen-bond donors (Lipinski definition) is 2. The van der Waals surface area contributed by atoms with Crippen molar-refractivity contribution in [3.63, 3.8) is 0 Å². The third-order valence-corrected chi connectivity index (χ3v) is 2.28. The molecule has 0 spiro atoms. The minimum atomic E-state index is -4.59. The second kappa shape index (κ2) is 3.47. The van der Waals surface area contributed by atoms with Gasteiger partial charge in [0.05, 0.1) is 16.6 Å². The van der Waals surface area contributed by atoms with E-state index in [1.807, 2.05) is 4.98 Å². The van der Waals surface area contributed by atoms with E-state index in [1.165, 1.54) is 13.0 Å². The molecule has 2 N–H and O–H groups in total. The summed E-state index contributed by atoms with van der Waals surface area (Å²) >= 11 is 0. The van der Waals surface area contributed by atoms with Crippen molar-refractivity contribution in [1.82, 2.24) is 9.97 Å². The monoisotopic (exact) mass is 244 g/mol. The normalized spacial score (nSPS) is 12.0. The van der Waals surface area contributed by atoms with Crippen molar-refractivity contribution < 1.29 is 13.2 Å². The molecule has 0 fully saturated rings. The molecule has 0 aliphatic heterocycles. The molecule has 17 heavy (non-hydrogen) atoms. The Kier molecular flexibility index (Phi) is 2.34. The van der Waals surface area contributed by atoms with Gasteiger partial charge in [-0.05, 0) is 24.6 Å². The Morgan fingerprint density at radius 1 is 1.06 bits per heavy atom. The third kappa shape index (κ3) is 1.95. The van der Waals surface area contributed by atoms with Crippen molar-refractivity contribution in [2.24, 2.45) is 0 Å². The number of fused-ring (bicyclic) bond motifs is 1. The quantitative estimate of drug-likeness (QED) is 0.690. The van der Waals surface area contributed by atoms with Gasteiger partial charge in [0.15, 0.2) is 0 Å². The standard InChI is InChI=1S/C10H7F3N2O2/c1-4-2-5(10(11,12)13)7-6(3-4)14-8(16)9(17)15-7/h2-3H,1H3,(H,14,16)(H,15,17). The van der Waals surface area contributed by atoms with Gasteiger partial charge < -0.3 is 9.97 Å². The number of nitrogens with one attached hydrogen (secondary N) is 2. The molecular weight excluding hydrogens is 237 g/mol. The molecule has 0 aliphatic rings. The minimum Gasteiger partial charge on any atom is -0.316 e. The van der Waals surface area contributed by atoms with Crippen LogP contribution in [0.25, 0.3) is 11.0 Å². The largest absolute Gasteiger partial charge is 0.418 e. The minimum absolute atomic E-state index is 0.0399. The zero-order chi connectivity index (χ0) is 12.8. The maximum atomic E-state index is 12.7. The number of H-pyrrole nitrogens is 2. The molecule has 1 aromatic carbocycles. The van der Waals surface area contributed by atoms with Gasteiger partial charge in [0.25, 0.3) is 0 Å². The van der Waals surface area contributed by atoms with Crippen LogP contribution in [0.5, 0.6) is 0 Å². The van der Waals surface area contributed by atoms with Gasteiger partial charge in [0.2, 0.25) is 0 Å². The zero-order valence-corrected chi connectivity index (χ0v) is 8.61. The molecular formula is C10H7F3N2O2. The van der Waals surface area contributed by atoms with Gasteiger partial charge in [0.1, 0.15) is 0 Å². The summed E-state index contributed by atoms with van der Waals surface area (Å²) in [4.78, 5) is 26.1. The van der Waals surface area contributed by atoms with E-state index in [2.05, 4.69) is 4.98 Å². The first-order chi connectivity index (χ1) is 7.79. The van der Waals surface area contributed by atoms with Crippen molar-refractivity contribution >= 4 is 11.0 Å². The van der Waals surface area contributed by atoms with Crippen LogP contribution in [0.3, 0.4) is 0 Å². The van der Waals surface area contributed by atoms with E-state index in [0.717, 1.165) is 6.07 Å². The molecule has 0 bridgehead atoms. The van der Waals surface area contributed by atoms with E-state index in [1.54, 1.807) is 0 Å². The van der Waals surface area contributed by atoms with Gasteiger partial charge >= 0.3 is 17.3 Å². The van der Waals surface area contributed by atoms with Crippen molar-refractivity contribution in [2.75, 3.05) is 0 Å². The molecule has 0 atom stereocenters. The first kappa shape index (κ1) is 11.4. The average molecular weight is 244 g/mol.